The van der Waals surface area contributed by atoms with Gasteiger partial charge in [0.25, 0.3) is 0 Å². The summed E-state index contributed by atoms with van der Waals surface area (Å²) in [6, 6.07) is 0.00881. The summed E-state index contributed by atoms with van der Waals surface area (Å²) in [6.45, 7) is 7.83. The van der Waals surface area contributed by atoms with Gasteiger partial charge in [-0.05, 0) is 27.3 Å². The van der Waals surface area contributed by atoms with E-state index in [1.54, 1.807) is 0 Å². The summed E-state index contributed by atoms with van der Waals surface area (Å²) in [5, 5.41) is 0. The largest absolute Gasteiger partial charge is 0.392 e. The van der Waals surface area contributed by atoms with Gasteiger partial charge in [0.15, 0.2) is 0 Å². The van der Waals surface area contributed by atoms with Gasteiger partial charge in [0.1, 0.15) is 0 Å². The fraction of sp³-hybridized carbons (Fsp3) is 0.818. The monoisotopic (exact) mass is 245 g/mol. The molecule has 0 fully saturated rings. The Kier molecular flexibility index (Phi) is 7.25. The quantitative estimate of drug-likeness (QED) is 0.676. The van der Waals surface area contributed by atoms with E-state index in [0.29, 0.717) is 11.5 Å². The lowest BCUT2D eigenvalue weighted by atomic mass is 10.2. The number of rotatable bonds is 7. The molecule has 0 rings (SSSR count). The first-order valence-electron chi connectivity index (χ1n) is 5.75. The van der Waals surface area contributed by atoms with Crippen molar-refractivity contribution in [1.82, 2.24) is 9.80 Å². The van der Waals surface area contributed by atoms with E-state index in [-0.39, 0.29) is 11.9 Å². The third-order valence-corrected chi connectivity index (χ3v) is 3.02. The zero-order valence-corrected chi connectivity index (χ0v) is 11.5. The second-order valence-electron chi connectivity index (χ2n) is 3.81. The molecule has 0 bridgehead atoms. The minimum Gasteiger partial charge on any atom is -0.392 e. The lowest BCUT2D eigenvalue weighted by Gasteiger charge is -2.28. The predicted molar refractivity (Wildman–Crippen MR) is 71.4 cm³/mol. The van der Waals surface area contributed by atoms with Gasteiger partial charge in [-0.25, -0.2) is 0 Å². The molecule has 1 atom stereocenters. The average molecular weight is 245 g/mol. The minimum absolute atomic E-state index is 0.00881. The number of thiocarbonyl (C=S) groups is 1. The molecule has 0 aromatic carbocycles. The zero-order chi connectivity index (χ0) is 12.7. The number of carbonyl (C=O) groups excluding carboxylic acids is 1. The normalized spacial score (nSPS) is 12.6. The van der Waals surface area contributed by atoms with Crippen molar-refractivity contribution in [1.29, 1.82) is 0 Å². The maximum Gasteiger partial charge on any atom is 0.236 e. The van der Waals surface area contributed by atoms with Gasteiger partial charge in [0, 0.05) is 13.1 Å². The van der Waals surface area contributed by atoms with Crippen molar-refractivity contribution in [2.24, 2.45) is 5.73 Å². The van der Waals surface area contributed by atoms with Crippen LogP contribution in [0.2, 0.25) is 0 Å². The van der Waals surface area contributed by atoms with Crippen LogP contribution in [0.3, 0.4) is 0 Å². The first-order chi connectivity index (χ1) is 7.47. The Labute approximate surface area is 104 Å². The van der Waals surface area contributed by atoms with Crippen molar-refractivity contribution in [2.75, 3.05) is 26.7 Å². The van der Waals surface area contributed by atoms with Gasteiger partial charge < -0.3 is 10.6 Å². The van der Waals surface area contributed by atoms with Gasteiger partial charge in [-0.15, -0.1) is 0 Å². The standard InChI is InChI=1S/C11H23N3OS/c1-5-9(11(12)16)13(4)8-10(15)14(6-2)7-3/h9H,5-8H2,1-4H3,(H2,12,16). The van der Waals surface area contributed by atoms with Crippen molar-refractivity contribution < 1.29 is 4.79 Å². The summed E-state index contributed by atoms with van der Waals surface area (Å²) in [7, 11) is 1.88. The van der Waals surface area contributed by atoms with Gasteiger partial charge in [-0.3, -0.25) is 9.69 Å². The average Bonchev–Trinajstić information content (AvgIpc) is 2.19. The molecule has 0 aromatic rings. The van der Waals surface area contributed by atoms with Crippen LogP contribution in [0.25, 0.3) is 0 Å². The van der Waals surface area contributed by atoms with Crippen LogP contribution in [0.1, 0.15) is 27.2 Å². The summed E-state index contributed by atoms with van der Waals surface area (Å²) in [5.41, 5.74) is 5.63. The molecule has 4 nitrogen and oxygen atoms in total. The second-order valence-corrected chi connectivity index (χ2v) is 4.28. The molecule has 1 amide bonds. The first-order valence-corrected chi connectivity index (χ1v) is 6.15. The predicted octanol–water partition coefficient (Wildman–Crippen LogP) is 0.851. The molecule has 0 aliphatic rings. The molecular formula is C11H23N3OS. The molecule has 2 N–H and O–H groups in total. The smallest absolute Gasteiger partial charge is 0.236 e. The molecule has 94 valence electrons. The number of carbonyl (C=O) groups is 1. The van der Waals surface area contributed by atoms with Gasteiger partial charge >= 0.3 is 0 Å². The van der Waals surface area contributed by atoms with E-state index in [1.807, 2.05) is 37.6 Å². The Morgan fingerprint density at radius 1 is 1.31 bits per heavy atom. The molecule has 5 heteroatoms. The SMILES string of the molecule is CCC(C(N)=S)N(C)CC(=O)N(CC)CC. The molecule has 0 aliphatic carbocycles. The number of hydrogen-bond donors (Lipinski definition) is 1. The number of nitrogens with two attached hydrogens (primary N) is 1. The van der Waals surface area contributed by atoms with Crippen molar-refractivity contribution in [2.45, 2.75) is 33.2 Å². The highest BCUT2D eigenvalue weighted by atomic mass is 32.1. The third-order valence-electron chi connectivity index (χ3n) is 2.75. The Balaban J connectivity index is 4.36. The second kappa shape index (κ2) is 7.57. The van der Waals surface area contributed by atoms with Crippen molar-refractivity contribution in [3.8, 4) is 0 Å². The number of likely N-dealkylation sites (N-methyl/N-ethyl adjacent to an activating group) is 2. The number of hydrogen-bond acceptors (Lipinski definition) is 3. The maximum atomic E-state index is 11.9. The molecule has 0 saturated heterocycles. The van der Waals surface area contributed by atoms with Crippen molar-refractivity contribution in [3.63, 3.8) is 0 Å². The maximum absolute atomic E-state index is 11.9. The first kappa shape index (κ1) is 15.3. The summed E-state index contributed by atoms with van der Waals surface area (Å²) >= 11 is 4.98. The third kappa shape index (κ3) is 4.45. The van der Waals surface area contributed by atoms with E-state index in [2.05, 4.69) is 0 Å². The van der Waals surface area contributed by atoms with E-state index in [1.165, 1.54) is 0 Å². The number of amides is 1. The Morgan fingerprint density at radius 2 is 1.81 bits per heavy atom. The summed E-state index contributed by atoms with van der Waals surface area (Å²) in [6.07, 6.45) is 0.831. The van der Waals surface area contributed by atoms with Crippen LogP contribution in [-0.2, 0) is 4.79 Å². The highest BCUT2D eigenvalue weighted by Crippen LogP contribution is 2.03. The zero-order valence-electron chi connectivity index (χ0n) is 10.7. The molecule has 0 saturated carbocycles. The summed E-state index contributed by atoms with van der Waals surface area (Å²) < 4.78 is 0. The van der Waals surface area contributed by atoms with E-state index in [9.17, 15) is 4.79 Å². The fourth-order valence-electron chi connectivity index (χ4n) is 1.73. The van der Waals surface area contributed by atoms with E-state index in [0.717, 1.165) is 19.5 Å². The molecule has 0 spiro atoms. The number of nitrogens with zero attached hydrogens (tertiary/aromatic N) is 2. The van der Waals surface area contributed by atoms with Gasteiger partial charge in [0.05, 0.1) is 17.6 Å². The van der Waals surface area contributed by atoms with E-state index < -0.39 is 0 Å². The van der Waals surface area contributed by atoms with E-state index >= 15 is 0 Å². The highest BCUT2D eigenvalue weighted by molar-refractivity contribution is 7.80. The lowest BCUT2D eigenvalue weighted by molar-refractivity contribution is -0.131. The van der Waals surface area contributed by atoms with Crippen LogP contribution in [0.4, 0.5) is 0 Å². The van der Waals surface area contributed by atoms with Crippen LogP contribution < -0.4 is 5.73 Å². The van der Waals surface area contributed by atoms with Crippen LogP contribution in [-0.4, -0.2) is 53.4 Å². The van der Waals surface area contributed by atoms with E-state index in [4.69, 9.17) is 18.0 Å². The Hall–Kier alpha value is -0.680. The van der Waals surface area contributed by atoms with Crippen molar-refractivity contribution in [3.05, 3.63) is 0 Å². The minimum atomic E-state index is 0.00881. The fourth-order valence-corrected chi connectivity index (χ4v) is 2.08. The van der Waals surface area contributed by atoms with Crippen LogP contribution in [0.5, 0.6) is 0 Å². The lowest BCUT2D eigenvalue weighted by Crippen LogP contribution is -2.46. The Morgan fingerprint density at radius 3 is 2.12 bits per heavy atom. The Bertz CT molecular complexity index is 241. The highest BCUT2D eigenvalue weighted by Gasteiger charge is 2.19. The van der Waals surface area contributed by atoms with Gasteiger partial charge in [-0.2, -0.15) is 0 Å². The molecule has 16 heavy (non-hydrogen) atoms. The summed E-state index contributed by atoms with van der Waals surface area (Å²) in [4.78, 5) is 16.0. The molecular weight excluding hydrogens is 222 g/mol. The molecule has 1 unspecified atom stereocenters. The summed E-state index contributed by atoms with van der Waals surface area (Å²) in [5.74, 6) is 0.127. The molecule has 0 radical (unpaired) electrons. The van der Waals surface area contributed by atoms with Gasteiger partial charge in [-0.1, -0.05) is 19.1 Å². The van der Waals surface area contributed by atoms with Crippen LogP contribution >= 0.6 is 12.2 Å². The van der Waals surface area contributed by atoms with Crippen LogP contribution in [0, 0.1) is 0 Å². The van der Waals surface area contributed by atoms with Crippen molar-refractivity contribution >= 4 is 23.1 Å². The molecule has 0 heterocycles. The topological polar surface area (TPSA) is 49.6 Å². The van der Waals surface area contributed by atoms with Gasteiger partial charge in [0.2, 0.25) is 5.91 Å². The molecule has 0 aromatic heterocycles. The molecule has 0 aliphatic heterocycles. The van der Waals surface area contributed by atoms with Crippen LogP contribution in [0.15, 0.2) is 0 Å².